The van der Waals surface area contributed by atoms with Crippen LogP contribution in [0.3, 0.4) is 0 Å². The number of aryl methyl sites for hydroxylation is 2. The lowest BCUT2D eigenvalue weighted by molar-refractivity contribution is 0.288. The summed E-state index contributed by atoms with van der Waals surface area (Å²) in [7, 11) is 0. The second kappa shape index (κ2) is 5.47. The summed E-state index contributed by atoms with van der Waals surface area (Å²) in [5.41, 5.74) is 1.92. The van der Waals surface area contributed by atoms with Crippen molar-refractivity contribution in [2.45, 2.75) is 19.8 Å². The lowest BCUT2D eigenvalue weighted by Gasteiger charge is -1.99. The standard InChI is InChI=1S/C17H17NO2/c1-12-16(7-4-10-19)18-17(20-12)15-9-8-13-5-2-3-6-14(13)11-15/h2-3,5-6,8-9,11,19H,4,7,10H2,1H3. The highest BCUT2D eigenvalue weighted by Gasteiger charge is 2.11. The van der Waals surface area contributed by atoms with Crippen molar-refractivity contribution in [2.75, 3.05) is 6.61 Å². The van der Waals surface area contributed by atoms with E-state index in [-0.39, 0.29) is 6.61 Å². The predicted molar refractivity (Wildman–Crippen MR) is 79.6 cm³/mol. The minimum Gasteiger partial charge on any atom is -0.441 e. The van der Waals surface area contributed by atoms with E-state index in [0.717, 1.165) is 23.4 Å². The van der Waals surface area contributed by atoms with Crippen LogP contribution >= 0.6 is 0 Å². The molecule has 102 valence electrons. The molecule has 0 saturated carbocycles. The number of aromatic nitrogens is 1. The number of hydrogen-bond acceptors (Lipinski definition) is 3. The molecule has 3 aromatic rings. The third kappa shape index (κ3) is 2.45. The summed E-state index contributed by atoms with van der Waals surface area (Å²) < 4.78 is 5.75. The first-order valence-corrected chi connectivity index (χ1v) is 6.84. The molecule has 1 heterocycles. The van der Waals surface area contributed by atoms with Crippen LogP contribution in [-0.4, -0.2) is 16.7 Å². The van der Waals surface area contributed by atoms with E-state index >= 15 is 0 Å². The molecule has 0 aliphatic carbocycles. The second-order valence-corrected chi connectivity index (χ2v) is 4.91. The largest absolute Gasteiger partial charge is 0.441 e. The van der Waals surface area contributed by atoms with Gasteiger partial charge in [-0.3, -0.25) is 0 Å². The van der Waals surface area contributed by atoms with E-state index in [2.05, 4.69) is 29.2 Å². The zero-order valence-electron chi connectivity index (χ0n) is 11.5. The van der Waals surface area contributed by atoms with Gasteiger partial charge in [0.2, 0.25) is 5.89 Å². The minimum atomic E-state index is 0.178. The normalized spacial score (nSPS) is 11.1. The van der Waals surface area contributed by atoms with E-state index in [1.165, 1.54) is 10.8 Å². The number of aliphatic hydroxyl groups excluding tert-OH is 1. The Kier molecular flexibility index (Phi) is 3.52. The lowest BCUT2D eigenvalue weighted by Crippen LogP contribution is -1.91. The van der Waals surface area contributed by atoms with Gasteiger partial charge in [0.25, 0.3) is 0 Å². The summed E-state index contributed by atoms with van der Waals surface area (Å²) >= 11 is 0. The molecule has 0 bridgehead atoms. The molecule has 3 nitrogen and oxygen atoms in total. The van der Waals surface area contributed by atoms with Gasteiger partial charge in [0.05, 0.1) is 5.69 Å². The van der Waals surface area contributed by atoms with Crippen molar-refractivity contribution >= 4 is 10.8 Å². The van der Waals surface area contributed by atoms with Gasteiger partial charge in [0.15, 0.2) is 0 Å². The van der Waals surface area contributed by atoms with E-state index < -0.39 is 0 Å². The van der Waals surface area contributed by atoms with Crippen molar-refractivity contribution in [3.8, 4) is 11.5 Å². The average Bonchev–Trinajstić information content (AvgIpc) is 2.86. The molecular formula is C17H17NO2. The van der Waals surface area contributed by atoms with E-state index in [1.54, 1.807) is 0 Å². The molecule has 0 saturated heterocycles. The molecule has 0 radical (unpaired) electrons. The van der Waals surface area contributed by atoms with E-state index in [4.69, 9.17) is 9.52 Å². The number of fused-ring (bicyclic) bond motifs is 1. The van der Waals surface area contributed by atoms with Gasteiger partial charge in [0, 0.05) is 12.2 Å². The van der Waals surface area contributed by atoms with E-state index in [0.29, 0.717) is 12.3 Å². The summed E-state index contributed by atoms with van der Waals surface area (Å²) in [6.45, 7) is 2.10. The Hall–Kier alpha value is -2.13. The van der Waals surface area contributed by atoms with Crippen LogP contribution in [0, 0.1) is 6.92 Å². The number of rotatable bonds is 4. The van der Waals surface area contributed by atoms with Gasteiger partial charge in [0.1, 0.15) is 5.76 Å². The SMILES string of the molecule is Cc1oc(-c2ccc3ccccc3c2)nc1CCCO. The molecule has 0 fully saturated rings. The molecular weight excluding hydrogens is 250 g/mol. The Bertz CT molecular complexity index is 731. The average molecular weight is 267 g/mol. The summed E-state index contributed by atoms with van der Waals surface area (Å²) in [6.07, 6.45) is 1.46. The van der Waals surface area contributed by atoms with Gasteiger partial charge in [-0.2, -0.15) is 0 Å². The first kappa shape index (κ1) is 12.9. The molecule has 20 heavy (non-hydrogen) atoms. The molecule has 0 unspecified atom stereocenters. The highest BCUT2D eigenvalue weighted by molar-refractivity contribution is 5.86. The minimum absolute atomic E-state index is 0.178. The lowest BCUT2D eigenvalue weighted by atomic mass is 10.1. The van der Waals surface area contributed by atoms with Crippen molar-refractivity contribution in [3.63, 3.8) is 0 Å². The molecule has 0 aliphatic rings. The Morgan fingerprint density at radius 1 is 1.10 bits per heavy atom. The fourth-order valence-electron chi connectivity index (χ4n) is 2.35. The maximum absolute atomic E-state index is 8.90. The molecule has 0 aliphatic heterocycles. The van der Waals surface area contributed by atoms with Gasteiger partial charge in [-0.15, -0.1) is 0 Å². The van der Waals surface area contributed by atoms with Crippen LogP contribution < -0.4 is 0 Å². The van der Waals surface area contributed by atoms with Crippen molar-refractivity contribution in [3.05, 3.63) is 53.9 Å². The molecule has 1 aromatic heterocycles. The van der Waals surface area contributed by atoms with Gasteiger partial charge in [-0.1, -0.05) is 30.3 Å². The maximum Gasteiger partial charge on any atom is 0.226 e. The molecule has 0 atom stereocenters. The van der Waals surface area contributed by atoms with Crippen LogP contribution in [-0.2, 0) is 6.42 Å². The zero-order chi connectivity index (χ0) is 13.9. The highest BCUT2D eigenvalue weighted by atomic mass is 16.4. The van der Waals surface area contributed by atoms with Crippen LogP contribution in [0.2, 0.25) is 0 Å². The van der Waals surface area contributed by atoms with Gasteiger partial charge in [-0.25, -0.2) is 4.98 Å². The highest BCUT2D eigenvalue weighted by Crippen LogP contribution is 2.26. The number of oxazole rings is 1. The summed E-state index contributed by atoms with van der Waals surface area (Å²) in [6, 6.07) is 14.4. The van der Waals surface area contributed by atoms with Crippen LogP contribution in [0.5, 0.6) is 0 Å². The quantitative estimate of drug-likeness (QED) is 0.783. The monoisotopic (exact) mass is 267 g/mol. The molecule has 2 aromatic carbocycles. The van der Waals surface area contributed by atoms with Crippen molar-refractivity contribution in [1.82, 2.24) is 4.98 Å². The number of benzene rings is 2. The molecule has 3 heteroatoms. The zero-order valence-corrected chi connectivity index (χ0v) is 11.5. The fourth-order valence-corrected chi connectivity index (χ4v) is 2.35. The smallest absolute Gasteiger partial charge is 0.226 e. The molecule has 1 N–H and O–H groups in total. The van der Waals surface area contributed by atoms with Crippen LogP contribution in [0.1, 0.15) is 17.9 Å². The van der Waals surface area contributed by atoms with E-state index in [9.17, 15) is 0 Å². The predicted octanol–water partition coefficient (Wildman–Crippen LogP) is 3.73. The Morgan fingerprint density at radius 2 is 1.90 bits per heavy atom. The first-order chi connectivity index (χ1) is 9.78. The first-order valence-electron chi connectivity index (χ1n) is 6.84. The molecule has 0 amide bonds. The number of hydrogen-bond donors (Lipinski definition) is 1. The van der Waals surface area contributed by atoms with Crippen molar-refractivity contribution in [2.24, 2.45) is 0 Å². The Balaban J connectivity index is 1.98. The van der Waals surface area contributed by atoms with Crippen molar-refractivity contribution in [1.29, 1.82) is 0 Å². The van der Waals surface area contributed by atoms with Gasteiger partial charge < -0.3 is 9.52 Å². The number of nitrogens with zero attached hydrogens (tertiary/aromatic N) is 1. The van der Waals surface area contributed by atoms with Crippen LogP contribution in [0.15, 0.2) is 46.9 Å². The second-order valence-electron chi connectivity index (χ2n) is 4.91. The van der Waals surface area contributed by atoms with E-state index in [1.807, 2.05) is 25.1 Å². The Morgan fingerprint density at radius 3 is 2.70 bits per heavy atom. The molecule has 0 spiro atoms. The fraction of sp³-hybridized carbons (Fsp3) is 0.235. The maximum atomic E-state index is 8.90. The van der Waals surface area contributed by atoms with Gasteiger partial charge in [-0.05, 0) is 42.7 Å². The summed E-state index contributed by atoms with van der Waals surface area (Å²) in [5.74, 6) is 1.49. The summed E-state index contributed by atoms with van der Waals surface area (Å²) in [4.78, 5) is 4.55. The number of aliphatic hydroxyl groups is 1. The third-order valence-corrected chi connectivity index (χ3v) is 3.46. The Labute approximate surface area is 117 Å². The molecule has 3 rings (SSSR count). The van der Waals surface area contributed by atoms with Gasteiger partial charge >= 0.3 is 0 Å². The third-order valence-electron chi connectivity index (χ3n) is 3.46. The van der Waals surface area contributed by atoms with Crippen LogP contribution in [0.25, 0.3) is 22.2 Å². The summed E-state index contributed by atoms with van der Waals surface area (Å²) in [5, 5.41) is 11.3. The topological polar surface area (TPSA) is 46.3 Å². The van der Waals surface area contributed by atoms with Crippen LogP contribution in [0.4, 0.5) is 0 Å². The van der Waals surface area contributed by atoms with Crippen molar-refractivity contribution < 1.29 is 9.52 Å².